The molecule has 0 aromatic heterocycles. The highest BCUT2D eigenvalue weighted by atomic mass is 16.5. The molecule has 1 heterocycles. The van der Waals surface area contributed by atoms with Crippen LogP contribution in [-0.2, 0) is 0 Å². The first-order valence-corrected chi connectivity index (χ1v) is 8.64. The average molecular weight is 345 g/mol. The van der Waals surface area contributed by atoms with Crippen LogP contribution in [0.5, 0.6) is 11.5 Å². The molecular weight excluding hydrogens is 314 g/mol. The second-order valence-corrected chi connectivity index (χ2v) is 6.01. The van der Waals surface area contributed by atoms with Gasteiger partial charge in [-0.05, 0) is 57.5 Å². The zero-order chi connectivity index (χ0) is 18.5. The van der Waals surface area contributed by atoms with E-state index in [1.54, 1.807) is 14.2 Å². The number of aliphatic hydroxyl groups is 1. The van der Waals surface area contributed by atoms with E-state index in [0.29, 0.717) is 12.6 Å². The highest BCUT2D eigenvalue weighted by Crippen LogP contribution is 2.10. The van der Waals surface area contributed by atoms with Gasteiger partial charge in [-0.15, -0.1) is 0 Å². The lowest BCUT2D eigenvalue weighted by Crippen LogP contribution is -2.24. The molecular formula is C21H31NO3. The maximum absolute atomic E-state index is 8.50. The second-order valence-electron chi connectivity index (χ2n) is 6.01. The third-order valence-corrected chi connectivity index (χ3v) is 3.90. The number of aliphatic hydroxyl groups excluding tert-OH is 1. The molecule has 1 fully saturated rings. The number of hydrogen-bond acceptors (Lipinski definition) is 4. The summed E-state index contributed by atoms with van der Waals surface area (Å²) in [5.41, 5.74) is 2.52. The molecule has 0 bridgehead atoms. The largest absolute Gasteiger partial charge is 0.497 e. The fourth-order valence-electron chi connectivity index (χ4n) is 2.26. The van der Waals surface area contributed by atoms with E-state index in [9.17, 15) is 0 Å². The molecule has 0 amide bonds. The molecule has 2 N–H and O–H groups in total. The van der Waals surface area contributed by atoms with Gasteiger partial charge in [-0.25, -0.2) is 0 Å². The first-order chi connectivity index (χ1) is 12.1. The Morgan fingerprint density at radius 1 is 0.880 bits per heavy atom. The molecule has 2 aromatic rings. The molecule has 25 heavy (non-hydrogen) atoms. The van der Waals surface area contributed by atoms with Crippen molar-refractivity contribution in [2.24, 2.45) is 0 Å². The quantitative estimate of drug-likeness (QED) is 0.890. The fourth-order valence-corrected chi connectivity index (χ4v) is 2.26. The minimum atomic E-state index is 0.306. The predicted molar refractivity (Wildman–Crippen MR) is 104 cm³/mol. The van der Waals surface area contributed by atoms with Crippen molar-refractivity contribution >= 4 is 0 Å². The van der Waals surface area contributed by atoms with Gasteiger partial charge in [0.2, 0.25) is 0 Å². The van der Waals surface area contributed by atoms with Crippen LogP contribution < -0.4 is 14.8 Å². The van der Waals surface area contributed by atoms with Crippen molar-refractivity contribution in [3.63, 3.8) is 0 Å². The second kappa shape index (κ2) is 12.3. The van der Waals surface area contributed by atoms with Crippen molar-refractivity contribution in [3.8, 4) is 11.5 Å². The first-order valence-electron chi connectivity index (χ1n) is 8.64. The Kier molecular flexibility index (Phi) is 10.4. The van der Waals surface area contributed by atoms with E-state index in [4.69, 9.17) is 14.6 Å². The highest BCUT2D eigenvalue weighted by molar-refractivity contribution is 5.26. The van der Waals surface area contributed by atoms with Crippen molar-refractivity contribution in [2.45, 2.75) is 32.7 Å². The van der Waals surface area contributed by atoms with Crippen molar-refractivity contribution < 1.29 is 14.6 Å². The van der Waals surface area contributed by atoms with Gasteiger partial charge in [0.05, 0.1) is 20.8 Å². The Morgan fingerprint density at radius 2 is 1.32 bits per heavy atom. The number of ether oxygens (including phenoxy) is 2. The van der Waals surface area contributed by atoms with E-state index in [1.807, 2.05) is 48.5 Å². The molecule has 1 aliphatic rings. The predicted octanol–water partition coefficient (Wildman–Crippen LogP) is 3.74. The van der Waals surface area contributed by atoms with Crippen molar-refractivity contribution in [2.75, 3.05) is 27.4 Å². The third-order valence-electron chi connectivity index (χ3n) is 3.90. The Labute approximate surface area is 151 Å². The van der Waals surface area contributed by atoms with Gasteiger partial charge in [0, 0.05) is 6.04 Å². The maximum Gasteiger partial charge on any atom is 0.118 e. The summed E-state index contributed by atoms with van der Waals surface area (Å²) >= 11 is 0. The van der Waals surface area contributed by atoms with Crippen LogP contribution in [0.3, 0.4) is 0 Å². The summed E-state index contributed by atoms with van der Waals surface area (Å²) < 4.78 is 9.94. The van der Waals surface area contributed by atoms with Gasteiger partial charge in [0.25, 0.3) is 0 Å². The van der Waals surface area contributed by atoms with Crippen LogP contribution in [-0.4, -0.2) is 38.5 Å². The van der Waals surface area contributed by atoms with E-state index >= 15 is 0 Å². The molecule has 1 atom stereocenters. The summed E-state index contributed by atoms with van der Waals surface area (Å²) in [4.78, 5) is 0. The molecule has 1 saturated heterocycles. The number of nitrogens with one attached hydrogen (secondary N) is 1. The lowest BCUT2D eigenvalue weighted by Gasteiger charge is -2.01. The van der Waals surface area contributed by atoms with E-state index in [0.717, 1.165) is 24.5 Å². The number of benzene rings is 2. The molecule has 0 radical (unpaired) electrons. The molecule has 0 spiro atoms. The Bertz CT molecular complexity index is 515. The Hall–Kier alpha value is -2.04. The highest BCUT2D eigenvalue weighted by Gasteiger charge is 2.10. The average Bonchev–Trinajstić information content (AvgIpc) is 3.18. The minimum absolute atomic E-state index is 0.306. The van der Waals surface area contributed by atoms with Crippen LogP contribution in [0.25, 0.3) is 0 Å². The topological polar surface area (TPSA) is 50.7 Å². The first kappa shape index (κ1) is 21.0. The summed E-state index contributed by atoms with van der Waals surface area (Å²) in [6.07, 6.45) is 2.38. The van der Waals surface area contributed by atoms with Gasteiger partial charge in [0.15, 0.2) is 0 Å². The van der Waals surface area contributed by atoms with Gasteiger partial charge < -0.3 is 19.9 Å². The Morgan fingerprint density at radius 3 is 1.56 bits per heavy atom. The number of hydrogen-bond donors (Lipinski definition) is 2. The van der Waals surface area contributed by atoms with Gasteiger partial charge in [-0.1, -0.05) is 35.4 Å². The van der Waals surface area contributed by atoms with Gasteiger partial charge in [0.1, 0.15) is 11.5 Å². The number of methoxy groups -OCH3 is 2. The summed E-state index contributed by atoms with van der Waals surface area (Å²) in [6, 6.07) is 16.3. The van der Waals surface area contributed by atoms with Crippen LogP contribution in [0.1, 0.15) is 24.0 Å². The van der Waals surface area contributed by atoms with Crippen LogP contribution in [0.15, 0.2) is 48.5 Å². The molecule has 0 aliphatic carbocycles. The van der Waals surface area contributed by atoms with E-state index in [-0.39, 0.29) is 0 Å². The lowest BCUT2D eigenvalue weighted by molar-refractivity contribution is 0.255. The smallest absolute Gasteiger partial charge is 0.118 e. The fraction of sp³-hybridized carbons (Fsp3) is 0.429. The molecule has 0 unspecified atom stereocenters. The van der Waals surface area contributed by atoms with E-state index < -0.39 is 0 Å². The minimum Gasteiger partial charge on any atom is -0.497 e. The zero-order valence-electron chi connectivity index (χ0n) is 15.8. The van der Waals surface area contributed by atoms with Crippen LogP contribution in [0.4, 0.5) is 0 Å². The van der Waals surface area contributed by atoms with E-state index in [2.05, 4.69) is 19.2 Å². The molecule has 4 nitrogen and oxygen atoms in total. The number of rotatable bonds is 3. The molecule has 1 aliphatic heterocycles. The van der Waals surface area contributed by atoms with Crippen molar-refractivity contribution in [1.29, 1.82) is 0 Å². The van der Waals surface area contributed by atoms with Gasteiger partial charge in [-0.3, -0.25) is 0 Å². The van der Waals surface area contributed by atoms with Crippen molar-refractivity contribution in [1.82, 2.24) is 5.32 Å². The summed E-state index contributed by atoms with van der Waals surface area (Å²) in [7, 11) is 3.34. The SMILES string of the molecule is COc1ccc(C)cc1.COc1ccc(C)cc1.OC[C@@H]1CCCN1. The molecule has 2 aromatic carbocycles. The van der Waals surface area contributed by atoms with Gasteiger partial charge >= 0.3 is 0 Å². The summed E-state index contributed by atoms with van der Waals surface area (Å²) in [5.74, 6) is 1.83. The standard InChI is InChI=1S/2C8H10O.C5H11NO/c2*1-7-3-5-8(9-2)6-4-7;7-4-5-2-1-3-6-5/h2*3-6H,1-2H3;5-7H,1-4H2/t;;5-/m..0/s1. The van der Waals surface area contributed by atoms with Crippen LogP contribution in [0, 0.1) is 13.8 Å². The van der Waals surface area contributed by atoms with E-state index in [1.165, 1.54) is 17.5 Å². The monoisotopic (exact) mass is 345 g/mol. The summed E-state index contributed by atoms with van der Waals surface area (Å²) in [5, 5.41) is 11.7. The zero-order valence-corrected chi connectivity index (χ0v) is 15.8. The number of aryl methyl sites for hydroxylation is 2. The normalized spacial score (nSPS) is 15.3. The summed E-state index contributed by atoms with van der Waals surface area (Å²) in [6.45, 7) is 5.50. The van der Waals surface area contributed by atoms with Crippen molar-refractivity contribution in [3.05, 3.63) is 59.7 Å². The lowest BCUT2D eigenvalue weighted by atomic mass is 10.2. The maximum atomic E-state index is 8.50. The molecule has 3 rings (SSSR count). The third kappa shape index (κ3) is 9.13. The Balaban J connectivity index is 0.000000189. The van der Waals surface area contributed by atoms with Crippen LogP contribution in [0.2, 0.25) is 0 Å². The molecule has 138 valence electrons. The molecule has 0 saturated carbocycles. The van der Waals surface area contributed by atoms with Gasteiger partial charge in [-0.2, -0.15) is 0 Å². The van der Waals surface area contributed by atoms with Crippen LogP contribution >= 0.6 is 0 Å². The molecule has 4 heteroatoms.